The Bertz CT molecular complexity index is 767. The summed E-state index contributed by atoms with van der Waals surface area (Å²) in [6.07, 6.45) is 4.49. The van der Waals surface area contributed by atoms with Crippen LogP contribution in [0.1, 0.15) is 24.0 Å². The molecular formula is C19H20BrIN2O. The Kier molecular flexibility index (Phi) is 5.49. The van der Waals surface area contributed by atoms with Crippen LogP contribution in [-0.4, -0.2) is 24.3 Å². The Hall–Kier alpha value is -1.08. The van der Waals surface area contributed by atoms with E-state index in [1.165, 1.54) is 12.8 Å². The fourth-order valence-corrected chi connectivity index (χ4v) is 4.01. The van der Waals surface area contributed by atoms with E-state index in [1.807, 2.05) is 18.5 Å². The van der Waals surface area contributed by atoms with Gasteiger partial charge in [0.05, 0.1) is 12.0 Å². The Morgan fingerprint density at radius 2 is 1.92 bits per heavy atom. The van der Waals surface area contributed by atoms with Crippen LogP contribution >= 0.6 is 38.5 Å². The highest BCUT2D eigenvalue weighted by Crippen LogP contribution is 2.33. The van der Waals surface area contributed by atoms with Gasteiger partial charge in [0.25, 0.3) is 0 Å². The van der Waals surface area contributed by atoms with Gasteiger partial charge in [-0.25, -0.2) is 4.99 Å². The van der Waals surface area contributed by atoms with Crippen molar-refractivity contribution in [3.8, 4) is 11.5 Å². The van der Waals surface area contributed by atoms with Gasteiger partial charge in [-0.1, -0.05) is 15.9 Å². The van der Waals surface area contributed by atoms with Crippen molar-refractivity contribution in [2.24, 2.45) is 4.99 Å². The number of ether oxygens (including phenoxy) is 1. The summed E-state index contributed by atoms with van der Waals surface area (Å²) in [5, 5.41) is 0. The minimum Gasteiger partial charge on any atom is -0.457 e. The molecule has 0 saturated heterocycles. The molecule has 0 bridgehead atoms. The molecule has 0 heterocycles. The molecule has 0 unspecified atom stereocenters. The Morgan fingerprint density at radius 1 is 1.17 bits per heavy atom. The van der Waals surface area contributed by atoms with Crippen molar-refractivity contribution in [3.63, 3.8) is 0 Å². The van der Waals surface area contributed by atoms with E-state index in [1.54, 1.807) is 0 Å². The van der Waals surface area contributed by atoms with E-state index >= 15 is 0 Å². The smallest absolute Gasteiger partial charge is 0.130 e. The van der Waals surface area contributed by atoms with E-state index in [2.05, 4.69) is 87.5 Å². The summed E-state index contributed by atoms with van der Waals surface area (Å²) in [5.74, 6) is 1.71. The van der Waals surface area contributed by atoms with Gasteiger partial charge in [-0.15, -0.1) is 0 Å². The van der Waals surface area contributed by atoms with E-state index < -0.39 is 0 Å². The second kappa shape index (κ2) is 7.44. The molecule has 2 aromatic carbocycles. The molecule has 2 aromatic rings. The van der Waals surface area contributed by atoms with Crippen molar-refractivity contribution < 1.29 is 4.74 Å². The number of rotatable bonds is 5. The zero-order chi connectivity index (χ0) is 17.3. The predicted octanol–water partition coefficient (Wildman–Crippen LogP) is 6.22. The van der Waals surface area contributed by atoms with Gasteiger partial charge in [0.1, 0.15) is 11.5 Å². The summed E-state index contributed by atoms with van der Waals surface area (Å²) in [5.41, 5.74) is 3.19. The molecule has 3 nitrogen and oxygen atoms in total. The van der Waals surface area contributed by atoms with Gasteiger partial charge in [0, 0.05) is 21.1 Å². The average Bonchev–Trinajstić information content (AvgIpc) is 3.32. The summed E-state index contributed by atoms with van der Waals surface area (Å²) in [4.78, 5) is 6.84. The second-order valence-corrected chi connectivity index (χ2v) is 8.41. The number of hydrogen-bond donors (Lipinski definition) is 0. The van der Waals surface area contributed by atoms with Crippen LogP contribution in [0.3, 0.4) is 0 Å². The number of hydrogen-bond acceptors (Lipinski definition) is 2. The van der Waals surface area contributed by atoms with Gasteiger partial charge in [-0.2, -0.15) is 0 Å². The topological polar surface area (TPSA) is 24.8 Å². The molecule has 1 fully saturated rings. The largest absolute Gasteiger partial charge is 0.457 e. The van der Waals surface area contributed by atoms with Crippen molar-refractivity contribution in [3.05, 3.63) is 49.5 Å². The van der Waals surface area contributed by atoms with E-state index in [4.69, 9.17) is 4.74 Å². The highest BCUT2D eigenvalue weighted by Gasteiger charge is 2.24. The van der Waals surface area contributed by atoms with Gasteiger partial charge in [-0.3, -0.25) is 0 Å². The van der Waals surface area contributed by atoms with Crippen LogP contribution in [0.15, 0.2) is 39.8 Å². The molecule has 0 spiro atoms. The van der Waals surface area contributed by atoms with Gasteiger partial charge >= 0.3 is 0 Å². The lowest BCUT2D eigenvalue weighted by molar-refractivity contribution is 0.478. The molecular weight excluding hydrogens is 479 g/mol. The first-order valence-corrected chi connectivity index (χ1v) is 9.81. The van der Waals surface area contributed by atoms with Crippen LogP contribution in [-0.2, 0) is 0 Å². The standard InChI is InChI=1S/C19H20BrIN2O/c1-12-7-19(24-17-9-14(20)8-15(21)10-17)13(2)6-18(12)22-11-23(3)16-4-5-16/h6-11,16H,4-5H2,1-3H3/b22-11+. The van der Waals surface area contributed by atoms with E-state index in [0.29, 0.717) is 6.04 Å². The van der Waals surface area contributed by atoms with E-state index in [-0.39, 0.29) is 0 Å². The van der Waals surface area contributed by atoms with Gasteiger partial charge in [0.15, 0.2) is 0 Å². The molecule has 1 saturated carbocycles. The molecule has 0 aromatic heterocycles. The summed E-state index contributed by atoms with van der Waals surface area (Å²) in [6, 6.07) is 10.9. The molecule has 0 amide bonds. The highest BCUT2D eigenvalue weighted by molar-refractivity contribution is 14.1. The fourth-order valence-electron chi connectivity index (χ4n) is 2.47. The quantitative estimate of drug-likeness (QED) is 0.278. The van der Waals surface area contributed by atoms with Crippen molar-refractivity contribution in [2.45, 2.75) is 32.7 Å². The van der Waals surface area contributed by atoms with Crippen LogP contribution in [0.5, 0.6) is 11.5 Å². The fraction of sp³-hybridized carbons (Fsp3) is 0.316. The van der Waals surface area contributed by atoms with Crippen LogP contribution < -0.4 is 4.74 Å². The Balaban J connectivity index is 1.81. The van der Waals surface area contributed by atoms with Crippen molar-refractivity contribution in [1.82, 2.24) is 4.90 Å². The second-order valence-electron chi connectivity index (χ2n) is 6.25. The maximum absolute atomic E-state index is 6.08. The lowest BCUT2D eigenvalue weighted by Crippen LogP contribution is -2.17. The van der Waals surface area contributed by atoms with E-state index in [9.17, 15) is 0 Å². The molecule has 1 aliphatic carbocycles. The normalized spacial score (nSPS) is 14.2. The van der Waals surface area contributed by atoms with Crippen molar-refractivity contribution in [2.75, 3.05) is 7.05 Å². The molecule has 5 heteroatoms. The van der Waals surface area contributed by atoms with Crippen LogP contribution in [0, 0.1) is 17.4 Å². The lowest BCUT2D eigenvalue weighted by atomic mass is 10.1. The zero-order valence-corrected chi connectivity index (χ0v) is 17.8. The first-order chi connectivity index (χ1) is 11.4. The number of benzene rings is 2. The monoisotopic (exact) mass is 498 g/mol. The zero-order valence-electron chi connectivity index (χ0n) is 14.0. The van der Waals surface area contributed by atoms with Crippen LogP contribution in [0.25, 0.3) is 0 Å². The first kappa shape index (κ1) is 17.7. The van der Waals surface area contributed by atoms with E-state index in [0.717, 1.165) is 36.4 Å². The first-order valence-electron chi connectivity index (χ1n) is 7.93. The van der Waals surface area contributed by atoms with Crippen molar-refractivity contribution >= 4 is 50.5 Å². The molecule has 0 N–H and O–H groups in total. The van der Waals surface area contributed by atoms with Crippen LogP contribution in [0.4, 0.5) is 5.69 Å². The molecule has 0 radical (unpaired) electrons. The summed E-state index contributed by atoms with van der Waals surface area (Å²) in [7, 11) is 2.09. The van der Waals surface area contributed by atoms with Gasteiger partial charge in [0.2, 0.25) is 0 Å². The van der Waals surface area contributed by atoms with Gasteiger partial charge in [-0.05, 0) is 90.7 Å². The number of aryl methyl sites for hydroxylation is 2. The highest BCUT2D eigenvalue weighted by atomic mass is 127. The SMILES string of the molecule is Cc1cc(Oc2cc(Br)cc(I)c2)c(C)cc1/N=C/N(C)C1CC1. The minimum absolute atomic E-state index is 0.678. The third-order valence-corrected chi connectivity index (χ3v) is 5.14. The summed E-state index contributed by atoms with van der Waals surface area (Å²) in [6.45, 7) is 4.13. The molecule has 126 valence electrons. The number of nitrogens with zero attached hydrogens (tertiary/aromatic N) is 2. The lowest BCUT2D eigenvalue weighted by Gasteiger charge is -2.14. The third kappa shape index (κ3) is 4.51. The predicted molar refractivity (Wildman–Crippen MR) is 112 cm³/mol. The maximum Gasteiger partial charge on any atom is 0.130 e. The summed E-state index contributed by atoms with van der Waals surface area (Å²) < 4.78 is 8.24. The number of aliphatic imine (C=N–C) groups is 1. The minimum atomic E-state index is 0.678. The number of halogens is 2. The third-order valence-electron chi connectivity index (χ3n) is 4.06. The Morgan fingerprint density at radius 3 is 2.58 bits per heavy atom. The molecule has 0 atom stereocenters. The van der Waals surface area contributed by atoms with Crippen molar-refractivity contribution in [1.29, 1.82) is 0 Å². The van der Waals surface area contributed by atoms with Gasteiger partial charge < -0.3 is 9.64 Å². The Labute approximate surface area is 165 Å². The average molecular weight is 499 g/mol. The molecule has 0 aliphatic heterocycles. The molecule has 1 aliphatic rings. The molecule has 3 rings (SSSR count). The molecule has 24 heavy (non-hydrogen) atoms. The summed E-state index contributed by atoms with van der Waals surface area (Å²) >= 11 is 5.80. The maximum atomic E-state index is 6.08. The van der Waals surface area contributed by atoms with Crippen LogP contribution in [0.2, 0.25) is 0 Å².